The molecule has 1 fully saturated rings. The number of aliphatic hydroxyl groups is 1. The summed E-state index contributed by atoms with van der Waals surface area (Å²) in [4.78, 5) is 13.4. The lowest BCUT2D eigenvalue weighted by molar-refractivity contribution is -0.272. The number of amides is 1. The Hall–Kier alpha value is -2.92. The van der Waals surface area contributed by atoms with Gasteiger partial charge in [-0.1, -0.05) is 42.5 Å². The molecule has 3 atom stereocenters. The molecule has 3 rings (SSSR count). The normalized spacial score (nSPS) is 17.5. The highest BCUT2D eigenvalue weighted by molar-refractivity contribution is 7.89. The first kappa shape index (κ1) is 27.7. The van der Waals surface area contributed by atoms with Crippen LogP contribution < -0.4 is 9.84 Å². The maximum Gasteiger partial charge on any atom is 0.243 e. The van der Waals surface area contributed by atoms with Crippen molar-refractivity contribution in [2.75, 3.05) is 33.4 Å². The topological polar surface area (TPSA) is 119 Å². The third-order valence-corrected chi connectivity index (χ3v) is 7.96. The molecule has 0 radical (unpaired) electrons. The van der Waals surface area contributed by atoms with Crippen LogP contribution in [-0.2, 0) is 21.2 Å². The maximum absolute atomic E-state index is 13.5. The van der Waals surface area contributed by atoms with Crippen LogP contribution >= 0.6 is 0 Å². The Morgan fingerprint density at radius 1 is 1.22 bits per heavy atom. The Labute approximate surface area is 212 Å². The van der Waals surface area contributed by atoms with Gasteiger partial charge in [-0.05, 0) is 49.6 Å². The summed E-state index contributed by atoms with van der Waals surface area (Å²) in [6.45, 7) is 5.73. The molecule has 0 aromatic heterocycles. The Bertz CT molecular complexity index is 1120. The summed E-state index contributed by atoms with van der Waals surface area (Å²) in [5.41, 5.74) is 1.37. The van der Waals surface area contributed by atoms with E-state index in [-0.39, 0.29) is 31.0 Å². The monoisotopic (exact) mass is 517 g/mol. The van der Waals surface area contributed by atoms with Crippen molar-refractivity contribution in [2.24, 2.45) is 0 Å². The van der Waals surface area contributed by atoms with Gasteiger partial charge in [0.2, 0.25) is 10.0 Å². The number of rotatable bonds is 12. The first-order valence-electron chi connectivity index (χ1n) is 11.7. The molecule has 36 heavy (non-hydrogen) atoms. The average Bonchev–Trinajstić information content (AvgIpc) is 3.37. The van der Waals surface area contributed by atoms with Gasteiger partial charge in [-0.3, -0.25) is 0 Å². The molecule has 2 aromatic carbocycles. The fourth-order valence-electron chi connectivity index (χ4n) is 4.35. The Balaban J connectivity index is 1.94. The van der Waals surface area contributed by atoms with E-state index in [0.29, 0.717) is 24.4 Å². The molecule has 10 heteroatoms. The Morgan fingerprint density at radius 2 is 1.89 bits per heavy atom. The minimum Gasteiger partial charge on any atom is -0.530 e. The van der Waals surface area contributed by atoms with Crippen LogP contribution in [0.3, 0.4) is 0 Å². The molecule has 1 heterocycles. The number of carbonyl (C=O) groups is 1. The molecule has 1 saturated heterocycles. The molecule has 0 spiro atoms. The molecule has 0 saturated carbocycles. The molecule has 9 nitrogen and oxygen atoms in total. The predicted molar refractivity (Wildman–Crippen MR) is 133 cm³/mol. The molecular weight excluding hydrogens is 484 g/mol. The van der Waals surface area contributed by atoms with E-state index in [4.69, 9.17) is 9.47 Å². The van der Waals surface area contributed by atoms with Crippen molar-refractivity contribution in [3.8, 4) is 5.75 Å². The van der Waals surface area contributed by atoms with Gasteiger partial charge >= 0.3 is 0 Å². The maximum atomic E-state index is 13.5. The number of carbonyl (C=O) groups excluding carboxylic acids is 1. The molecule has 1 aliphatic rings. The highest BCUT2D eigenvalue weighted by atomic mass is 32.2. The molecule has 0 bridgehead atoms. The van der Waals surface area contributed by atoms with E-state index in [1.165, 1.54) is 19.2 Å². The second-order valence-electron chi connectivity index (χ2n) is 8.95. The number of benzene rings is 2. The smallest absolute Gasteiger partial charge is 0.243 e. The van der Waals surface area contributed by atoms with Gasteiger partial charge in [0, 0.05) is 19.7 Å². The summed E-state index contributed by atoms with van der Waals surface area (Å²) < 4.78 is 38.7. The lowest BCUT2D eigenvalue weighted by Crippen LogP contribution is -2.59. The number of ether oxygens (including phenoxy) is 2. The predicted octanol–water partition coefficient (Wildman–Crippen LogP) is 1.67. The van der Waals surface area contributed by atoms with Crippen LogP contribution in [-0.4, -0.2) is 80.4 Å². The Kier molecular flexibility index (Phi) is 9.49. The minimum absolute atomic E-state index is 0.0253. The number of aliphatic hydroxyl groups excluding tert-OH is 1. The van der Waals surface area contributed by atoms with E-state index in [1.54, 1.807) is 19.1 Å². The SMILES string of the molecule is C=C(C)CN(C[C@@H](O)[C@H](Cc1ccccc1)N(C(=O)[O-])[C@H]1CCOC1)S(=O)(=O)c1ccc(OC)cc1. The minimum atomic E-state index is -4.04. The van der Waals surface area contributed by atoms with Crippen molar-refractivity contribution in [3.63, 3.8) is 0 Å². The second-order valence-corrected chi connectivity index (χ2v) is 10.9. The molecule has 0 aliphatic carbocycles. The van der Waals surface area contributed by atoms with Gasteiger partial charge in [0.15, 0.2) is 0 Å². The first-order valence-corrected chi connectivity index (χ1v) is 13.1. The van der Waals surface area contributed by atoms with Gasteiger partial charge in [-0.2, -0.15) is 4.31 Å². The summed E-state index contributed by atoms with van der Waals surface area (Å²) in [6, 6.07) is 13.6. The molecule has 2 aromatic rings. The van der Waals surface area contributed by atoms with E-state index < -0.39 is 34.3 Å². The van der Waals surface area contributed by atoms with Crippen molar-refractivity contribution in [1.82, 2.24) is 9.21 Å². The molecule has 196 valence electrons. The fraction of sp³-hybridized carbons (Fsp3) is 0.423. The van der Waals surface area contributed by atoms with Crippen LogP contribution in [0.5, 0.6) is 5.75 Å². The molecule has 1 N–H and O–H groups in total. The summed E-state index contributed by atoms with van der Waals surface area (Å²) in [5, 5.41) is 23.7. The number of carboxylic acid groups (broad SMARTS) is 1. The van der Waals surface area contributed by atoms with Crippen LogP contribution in [0.2, 0.25) is 0 Å². The van der Waals surface area contributed by atoms with Crippen molar-refractivity contribution in [2.45, 2.75) is 42.8 Å². The number of hydrogen-bond donors (Lipinski definition) is 1. The zero-order valence-corrected chi connectivity index (χ0v) is 21.4. The Morgan fingerprint density at radius 3 is 2.42 bits per heavy atom. The molecule has 0 unspecified atom stereocenters. The van der Waals surface area contributed by atoms with Gasteiger partial charge in [-0.15, -0.1) is 0 Å². The van der Waals surface area contributed by atoms with E-state index in [9.17, 15) is 23.4 Å². The van der Waals surface area contributed by atoms with Crippen LogP contribution in [0.1, 0.15) is 18.9 Å². The van der Waals surface area contributed by atoms with Crippen molar-refractivity contribution in [3.05, 3.63) is 72.3 Å². The fourth-order valence-corrected chi connectivity index (χ4v) is 5.87. The van der Waals surface area contributed by atoms with Gasteiger partial charge in [-0.25, -0.2) is 8.42 Å². The van der Waals surface area contributed by atoms with E-state index in [1.807, 2.05) is 30.3 Å². The largest absolute Gasteiger partial charge is 0.530 e. The zero-order chi connectivity index (χ0) is 26.3. The summed E-state index contributed by atoms with van der Waals surface area (Å²) in [6.07, 6.45) is -2.15. The van der Waals surface area contributed by atoms with Gasteiger partial charge in [0.1, 0.15) is 11.8 Å². The van der Waals surface area contributed by atoms with Gasteiger partial charge < -0.3 is 29.4 Å². The number of nitrogens with zero attached hydrogens (tertiary/aromatic N) is 2. The van der Waals surface area contributed by atoms with Crippen molar-refractivity contribution >= 4 is 16.1 Å². The molecule has 1 aliphatic heterocycles. The lowest BCUT2D eigenvalue weighted by atomic mass is 9.97. The average molecular weight is 518 g/mol. The standard InChI is InChI=1S/C26H34N2O7S/c1-19(2)16-27(36(32,33)23-11-9-22(34-3)10-12-23)17-25(29)24(15-20-7-5-4-6-8-20)28(26(30)31)21-13-14-35-18-21/h4-12,21,24-25,29H,1,13-18H2,2-3H3,(H,30,31)/p-1/t21-,24-,25+/m0/s1. The van der Waals surface area contributed by atoms with Crippen LogP contribution in [0, 0.1) is 0 Å². The van der Waals surface area contributed by atoms with Crippen LogP contribution in [0.4, 0.5) is 4.79 Å². The van der Waals surface area contributed by atoms with Crippen LogP contribution in [0.25, 0.3) is 0 Å². The number of methoxy groups -OCH3 is 1. The highest BCUT2D eigenvalue weighted by Gasteiger charge is 2.36. The van der Waals surface area contributed by atoms with Gasteiger partial charge in [0.25, 0.3) is 0 Å². The molecular formula is C26H33N2O7S-. The van der Waals surface area contributed by atoms with E-state index in [2.05, 4.69) is 6.58 Å². The third-order valence-electron chi connectivity index (χ3n) is 6.13. The number of sulfonamides is 1. The third kappa shape index (κ3) is 6.85. The van der Waals surface area contributed by atoms with Crippen molar-refractivity contribution in [1.29, 1.82) is 0 Å². The zero-order valence-electron chi connectivity index (χ0n) is 20.6. The van der Waals surface area contributed by atoms with E-state index >= 15 is 0 Å². The quantitative estimate of drug-likeness (QED) is 0.425. The highest BCUT2D eigenvalue weighted by Crippen LogP contribution is 2.24. The summed E-state index contributed by atoms with van der Waals surface area (Å²) >= 11 is 0. The van der Waals surface area contributed by atoms with Crippen LogP contribution in [0.15, 0.2) is 71.6 Å². The van der Waals surface area contributed by atoms with Gasteiger partial charge in [0.05, 0.1) is 36.8 Å². The second kappa shape index (κ2) is 12.4. The summed E-state index contributed by atoms with van der Waals surface area (Å²) in [5.74, 6) is 0.506. The van der Waals surface area contributed by atoms with Crippen molar-refractivity contribution < 1.29 is 32.9 Å². The first-order chi connectivity index (χ1) is 17.1. The summed E-state index contributed by atoms with van der Waals surface area (Å²) in [7, 11) is -2.55. The molecule has 1 amide bonds. The van der Waals surface area contributed by atoms with E-state index in [0.717, 1.165) is 14.8 Å². The lowest BCUT2D eigenvalue weighted by Gasteiger charge is -2.41. The number of hydrogen-bond acceptors (Lipinski definition) is 7.